The van der Waals surface area contributed by atoms with Crippen LogP contribution < -0.4 is 17.0 Å². The molecule has 1 aromatic rings. The van der Waals surface area contributed by atoms with E-state index in [0.717, 1.165) is 45.1 Å². The van der Waals surface area contributed by atoms with Gasteiger partial charge in [0.2, 0.25) is 0 Å². The van der Waals surface area contributed by atoms with Crippen molar-refractivity contribution >= 4 is 11.9 Å². The Bertz CT molecular complexity index is 785. The van der Waals surface area contributed by atoms with E-state index < -0.39 is 11.6 Å². The van der Waals surface area contributed by atoms with E-state index in [2.05, 4.69) is 6.92 Å². The second-order valence-corrected chi connectivity index (χ2v) is 10.6. The van der Waals surface area contributed by atoms with Gasteiger partial charge in [0.15, 0.2) is 18.2 Å². The van der Waals surface area contributed by atoms with Gasteiger partial charge in [0.05, 0.1) is 20.2 Å². The molecular formula is C28H44BrNO5. The predicted octanol–water partition coefficient (Wildman–Crippen LogP) is 1.73. The fourth-order valence-corrected chi connectivity index (χ4v) is 5.59. The maximum Gasteiger partial charge on any atom is 0.361 e. The molecule has 1 aromatic carbocycles. The topological polar surface area (TPSA) is 72.8 Å². The van der Waals surface area contributed by atoms with Crippen LogP contribution in [0.3, 0.4) is 0 Å². The van der Waals surface area contributed by atoms with Gasteiger partial charge in [-0.2, -0.15) is 0 Å². The van der Waals surface area contributed by atoms with Crippen molar-refractivity contribution in [2.24, 2.45) is 5.92 Å². The molecule has 3 atom stereocenters. The van der Waals surface area contributed by atoms with Gasteiger partial charge in [-0.3, -0.25) is 0 Å². The lowest BCUT2D eigenvalue weighted by atomic mass is 9.80. The normalized spacial score (nSPS) is 23.9. The summed E-state index contributed by atoms with van der Waals surface area (Å²) in [7, 11) is 2.01. The molecule has 7 heteroatoms. The van der Waals surface area contributed by atoms with Crippen molar-refractivity contribution < 1.29 is 45.6 Å². The highest BCUT2D eigenvalue weighted by Gasteiger charge is 2.50. The zero-order chi connectivity index (χ0) is 24.4. The fraction of sp³-hybridized carbons (Fsp3) is 0.714. The second-order valence-electron chi connectivity index (χ2n) is 10.6. The van der Waals surface area contributed by atoms with E-state index in [1.54, 1.807) is 0 Å². The van der Waals surface area contributed by atoms with Gasteiger partial charge in [0.1, 0.15) is 6.54 Å². The molecule has 1 saturated heterocycles. The summed E-state index contributed by atoms with van der Waals surface area (Å²) in [5.74, 6) is -0.855. The molecule has 0 aromatic heterocycles. The fourth-order valence-electron chi connectivity index (χ4n) is 5.59. The first-order chi connectivity index (χ1) is 16.4. The van der Waals surface area contributed by atoms with Gasteiger partial charge in [0.25, 0.3) is 0 Å². The van der Waals surface area contributed by atoms with Crippen LogP contribution >= 0.6 is 0 Å². The highest BCUT2D eigenvalue weighted by molar-refractivity contribution is 5.81. The lowest BCUT2D eigenvalue weighted by Crippen LogP contribution is -3.00. The highest BCUT2D eigenvalue weighted by Crippen LogP contribution is 2.42. The number of quaternary nitrogens is 1. The van der Waals surface area contributed by atoms with Gasteiger partial charge in [-0.25, -0.2) is 9.59 Å². The average Bonchev–Trinajstić information content (AvgIpc) is 3.49. The Morgan fingerprint density at radius 1 is 1.03 bits per heavy atom. The molecule has 3 unspecified atom stereocenters. The lowest BCUT2D eigenvalue weighted by molar-refractivity contribution is -0.891. The Kier molecular flexibility index (Phi) is 12.2. The van der Waals surface area contributed by atoms with Gasteiger partial charge >= 0.3 is 11.9 Å². The number of aliphatic hydroxyl groups is 1. The van der Waals surface area contributed by atoms with Crippen LogP contribution in [-0.4, -0.2) is 60.9 Å². The van der Waals surface area contributed by atoms with Gasteiger partial charge in [0, 0.05) is 12.3 Å². The number of carbonyl (C=O) groups is 2. The lowest BCUT2D eigenvalue weighted by Gasteiger charge is -2.33. The average molecular weight is 555 g/mol. The van der Waals surface area contributed by atoms with E-state index in [-0.39, 0.29) is 41.5 Å². The third-order valence-electron chi connectivity index (χ3n) is 7.65. The number of benzene rings is 1. The summed E-state index contributed by atoms with van der Waals surface area (Å²) in [6.45, 7) is 4.28. The third-order valence-corrected chi connectivity index (χ3v) is 7.65. The minimum atomic E-state index is -1.61. The third kappa shape index (κ3) is 8.29. The quantitative estimate of drug-likeness (QED) is 0.229. The molecule has 0 spiro atoms. The van der Waals surface area contributed by atoms with Gasteiger partial charge in [-0.1, -0.05) is 82.2 Å². The number of nitrogens with zero attached hydrogens (tertiary/aromatic N) is 1. The molecule has 198 valence electrons. The van der Waals surface area contributed by atoms with Gasteiger partial charge in [-0.15, -0.1) is 0 Å². The number of likely N-dealkylation sites (N-methyl/N-ethyl adjacent to an activating group) is 1. The summed E-state index contributed by atoms with van der Waals surface area (Å²) in [6.07, 6.45) is 11.0. The molecule has 0 amide bonds. The molecule has 35 heavy (non-hydrogen) atoms. The highest BCUT2D eigenvalue weighted by atomic mass is 79.9. The summed E-state index contributed by atoms with van der Waals surface area (Å²) in [4.78, 5) is 25.7. The maximum atomic E-state index is 13.3. The van der Waals surface area contributed by atoms with Crippen molar-refractivity contribution in [2.75, 3.05) is 33.3 Å². The molecule has 1 N–H and O–H groups in total. The van der Waals surface area contributed by atoms with Crippen LogP contribution in [0.1, 0.15) is 83.1 Å². The van der Waals surface area contributed by atoms with Gasteiger partial charge < -0.3 is 36.0 Å². The van der Waals surface area contributed by atoms with Crippen LogP contribution in [0.2, 0.25) is 0 Å². The minimum Gasteiger partial charge on any atom is -1.00 e. The number of ether oxygens (including phenoxy) is 2. The first-order valence-electron chi connectivity index (χ1n) is 13.4. The SMILES string of the molecule is CCCCCCCCOC(=O)C[N+]1(C)CCC(OC(=O)C(O)(c2ccccc2)C2CCCC2)C1.[Br-]. The zero-order valence-corrected chi connectivity index (χ0v) is 23.1. The molecule has 0 radical (unpaired) electrons. The van der Waals surface area contributed by atoms with Crippen molar-refractivity contribution in [2.45, 2.75) is 89.3 Å². The number of hydrogen-bond donors (Lipinski definition) is 1. The molecule has 1 saturated carbocycles. The second kappa shape index (κ2) is 14.3. The first kappa shape index (κ1) is 29.8. The van der Waals surface area contributed by atoms with E-state index >= 15 is 0 Å². The Labute approximate surface area is 221 Å². The molecule has 1 aliphatic heterocycles. The van der Waals surface area contributed by atoms with Crippen LogP contribution in [0.4, 0.5) is 0 Å². The van der Waals surface area contributed by atoms with Crippen molar-refractivity contribution in [3.05, 3.63) is 35.9 Å². The van der Waals surface area contributed by atoms with E-state index in [4.69, 9.17) is 9.47 Å². The van der Waals surface area contributed by atoms with Crippen molar-refractivity contribution in [3.63, 3.8) is 0 Å². The monoisotopic (exact) mass is 553 g/mol. The number of hydrogen-bond acceptors (Lipinski definition) is 5. The molecule has 3 rings (SSSR count). The zero-order valence-electron chi connectivity index (χ0n) is 21.6. The molecular weight excluding hydrogens is 510 g/mol. The molecule has 2 fully saturated rings. The Hall–Kier alpha value is -1.44. The van der Waals surface area contributed by atoms with E-state index in [9.17, 15) is 14.7 Å². The largest absolute Gasteiger partial charge is 1.00 e. The summed E-state index contributed by atoms with van der Waals surface area (Å²) < 4.78 is 11.9. The van der Waals surface area contributed by atoms with Crippen molar-refractivity contribution in [1.82, 2.24) is 0 Å². The standard InChI is InChI=1S/C28H44NO5.BrH/c1-3-4-5-6-7-13-20-33-26(30)22-29(2)19-18-25(21-29)34-27(31)28(32,24-16-11-12-17-24)23-14-9-8-10-15-23;/h8-10,14-15,24-25,32H,3-7,11-13,16-22H2,1-2H3;1H/q+1;/p-1. The predicted molar refractivity (Wildman–Crippen MR) is 132 cm³/mol. The van der Waals surface area contributed by atoms with Crippen LogP contribution in [0.25, 0.3) is 0 Å². The summed E-state index contributed by atoms with van der Waals surface area (Å²) in [6, 6.07) is 9.21. The minimum absolute atomic E-state index is 0. The molecule has 0 bridgehead atoms. The van der Waals surface area contributed by atoms with E-state index in [1.807, 2.05) is 37.4 Å². The van der Waals surface area contributed by atoms with E-state index in [0.29, 0.717) is 29.6 Å². The molecule has 1 heterocycles. The number of unbranched alkanes of at least 4 members (excludes halogenated alkanes) is 5. The Morgan fingerprint density at radius 2 is 1.69 bits per heavy atom. The van der Waals surface area contributed by atoms with Crippen LogP contribution in [0.15, 0.2) is 30.3 Å². The van der Waals surface area contributed by atoms with Crippen LogP contribution in [-0.2, 0) is 24.7 Å². The summed E-state index contributed by atoms with van der Waals surface area (Å²) >= 11 is 0. The number of carbonyl (C=O) groups excluding carboxylic acids is 2. The number of likely N-dealkylation sites (tertiary alicyclic amines) is 1. The van der Waals surface area contributed by atoms with Crippen molar-refractivity contribution in [3.8, 4) is 0 Å². The summed E-state index contributed by atoms with van der Waals surface area (Å²) in [5.41, 5.74) is -1.000. The molecule has 6 nitrogen and oxygen atoms in total. The van der Waals surface area contributed by atoms with E-state index in [1.165, 1.54) is 25.7 Å². The van der Waals surface area contributed by atoms with Crippen molar-refractivity contribution in [1.29, 1.82) is 0 Å². The number of rotatable bonds is 13. The molecule has 2 aliphatic rings. The van der Waals surface area contributed by atoms with Gasteiger partial charge in [-0.05, 0) is 24.8 Å². The van der Waals surface area contributed by atoms with Crippen LogP contribution in [0.5, 0.6) is 0 Å². The maximum absolute atomic E-state index is 13.3. The first-order valence-corrected chi connectivity index (χ1v) is 13.4. The molecule has 1 aliphatic carbocycles. The summed E-state index contributed by atoms with van der Waals surface area (Å²) in [5, 5.41) is 11.6. The van der Waals surface area contributed by atoms with Crippen LogP contribution in [0, 0.1) is 5.92 Å². The Balaban J connectivity index is 0.00000432. The number of halogens is 1. The number of esters is 2. The smallest absolute Gasteiger partial charge is 0.361 e. The Morgan fingerprint density at radius 3 is 2.37 bits per heavy atom.